The Morgan fingerprint density at radius 1 is 1.00 bits per heavy atom. The highest BCUT2D eigenvalue weighted by molar-refractivity contribution is 7.92. The Hall–Kier alpha value is -3.72. The van der Waals surface area contributed by atoms with Gasteiger partial charge in [0.15, 0.2) is 6.61 Å². The highest BCUT2D eigenvalue weighted by atomic mass is 32.2. The molecule has 3 rings (SSSR count). The van der Waals surface area contributed by atoms with Crippen LogP contribution in [-0.4, -0.2) is 33.9 Å². The van der Waals surface area contributed by atoms with Gasteiger partial charge in [0.1, 0.15) is 5.82 Å². The van der Waals surface area contributed by atoms with Crippen molar-refractivity contribution in [3.63, 3.8) is 0 Å². The van der Waals surface area contributed by atoms with Crippen molar-refractivity contribution < 1.29 is 27.1 Å². The van der Waals surface area contributed by atoms with E-state index in [9.17, 15) is 22.4 Å². The molecule has 0 spiro atoms. The molecule has 0 unspecified atom stereocenters. The number of hydrogen-bond acceptors (Lipinski definition) is 5. The molecule has 0 radical (unpaired) electrons. The number of amides is 1. The van der Waals surface area contributed by atoms with Gasteiger partial charge in [-0.25, -0.2) is 17.6 Å². The van der Waals surface area contributed by atoms with Gasteiger partial charge >= 0.3 is 5.97 Å². The Morgan fingerprint density at radius 3 is 2.42 bits per heavy atom. The number of ether oxygens (including phenoxy) is 1. The topological polar surface area (TPSA) is 92.8 Å². The van der Waals surface area contributed by atoms with E-state index in [2.05, 4.69) is 5.32 Å². The lowest BCUT2D eigenvalue weighted by atomic mass is 10.1. The third kappa shape index (κ3) is 5.95. The first-order valence-corrected chi connectivity index (χ1v) is 11.5. The van der Waals surface area contributed by atoms with Crippen LogP contribution in [0.3, 0.4) is 0 Å². The molecule has 3 aromatic rings. The summed E-state index contributed by atoms with van der Waals surface area (Å²) in [5.41, 5.74) is 1.53. The number of benzene rings is 3. The molecular formula is C24H23FN2O5S. The van der Waals surface area contributed by atoms with Crippen molar-refractivity contribution in [2.24, 2.45) is 0 Å². The summed E-state index contributed by atoms with van der Waals surface area (Å²) in [5, 5.41) is 2.54. The summed E-state index contributed by atoms with van der Waals surface area (Å²) in [4.78, 5) is 24.3. The second-order valence-electron chi connectivity index (χ2n) is 7.27. The standard InChI is InChI=1S/C24H23FN2O5S/c1-17-11-12-18(13-22(17)25)15-26-23(28)16-32-24(29)19-7-6-10-21(14-19)33(30,31)27(2)20-8-4-3-5-9-20/h3-14H,15-16H2,1-2H3,(H,26,28). The number of nitrogens with one attached hydrogen (secondary N) is 1. The summed E-state index contributed by atoms with van der Waals surface area (Å²) < 4.78 is 45.5. The highest BCUT2D eigenvalue weighted by Gasteiger charge is 2.23. The zero-order chi connectivity index (χ0) is 24.0. The number of halogens is 1. The Kier molecular flexibility index (Phi) is 7.44. The van der Waals surface area contributed by atoms with Crippen LogP contribution in [0.15, 0.2) is 77.7 Å². The summed E-state index contributed by atoms with van der Waals surface area (Å²) in [7, 11) is -2.49. The van der Waals surface area contributed by atoms with Crippen molar-refractivity contribution in [2.75, 3.05) is 18.0 Å². The number of carbonyl (C=O) groups is 2. The Labute approximate surface area is 191 Å². The monoisotopic (exact) mass is 470 g/mol. The Morgan fingerprint density at radius 2 is 1.73 bits per heavy atom. The van der Waals surface area contributed by atoms with Gasteiger partial charge in [-0.15, -0.1) is 0 Å². The molecule has 1 N–H and O–H groups in total. The molecular weight excluding hydrogens is 447 g/mol. The molecule has 0 aliphatic heterocycles. The van der Waals surface area contributed by atoms with Crippen LogP contribution in [0.2, 0.25) is 0 Å². The first kappa shape index (κ1) is 23.9. The van der Waals surface area contributed by atoms with Crippen LogP contribution in [0, 0.1) is 12.7 Å². The molecule has 0 heterocycles. The van der Waals surface area contributed by atoms with Crippen LogP contribution in [0.1, 0.15) is 21.5 Å². The Balaban J connectivity index is 1.61. The quantitative estimate of drug-likeness (QED) is 0.509. The fourth-order valence-electron chi connectivity index (χ4n) is 2.93. The number of carbonyl (C=O) groups excluding carboxylic acids is 2. The third-order valence-corrected chi connectivity index (χ3v) is 6.69. The lowest BCUT2D eigenvalue weighted by Gasteiger charge is -2.19. The minimum atomic E-state index is -3.91. The summed E-state index contributed by atoms with van der Waals surface area (Å²) >= 11 is 0. The molecule has 0 aromatic heterocycles. The predicted octanol–water partition coefficient (Wildman–Crippen LogP) is 3.43. The number of esters is 1. The van der Waals surface area contributed by atoms with E-state index in [1.165, 1.54) is 37.4 Å². The molecule has 1 amide bonds. The largest absolute Gasteiger partial charge is 0.452 e. The van der Waals surface area contributed by atoms with Crippen molar-refractivity contribution in [1.29, 1.82) is 0 Å². The minimum absolute atomic E-state index is 0.00839. The third-order valence-electron chi connectivity index (χ3n) is 4.91. The van der Waals surface area contributed by atoms with Gasteiger partial charge in [0.25, 0.3) is 15.9 Å². The molecule has 0 bridgehead atoms. The van der Waals surface area contributed by atoms with E-state index < -0.39 is 28.5 Å². The molecule has 9 heteroatoms. The zero-order valence-electron chi connectivity index (χ0n) is 18.1. The van der Waals surface area contributed by atoms with Crippen molar-refractivity contribution >= 4 is 27.6 Å². The van der Waals surface area contributed by atoms with Crippen molar-refractivity contribution in [3.8, 4) is 0 Å². The normalized spacial score (nSPS) is 11.0. The van der Waals surface area contributed by atoms with Gasteiger partial charge in [-0.1, -0.05) is 36.4 Å². The zero-order valence-corrected chi connectivity index (χ0v) is 18.9. The van der Waals surface area contributed by atoms with E-state index in [4.69, 9.17) is 4.74 Å². The van der Waals surface area contributed by atoms with Gasteiger partial charge in [-0.05, 0) is 54.4 Å². The van der Waals surface area contributed by atoms with E-state index in [0.29, 0.717) is 16.8 Å². The van der Waals surface area contributed by atoms with E-state index in [1.54, 1.807) is 49.4 Å². The second-order valence-corrected chi connectivity index (χ2v) is 9.24. The maximum absolute atomic E-state index is 13.6. The van der Waals surface area contributed by atoms with Crippen LogP contribution >= 0.6 is 0 Å². The van der Waals surface area contributed by atoms with Crippen LogP contribution in [0.25, 0.3) is 0 Å². The van der Waals surface area contributed by atoms with E-state index in [0.717, 1.165) is 4.31 Å². The molecule has 0 fully saturated rings. The molecule has 0 saturated heterocycles. The Bertz CT molecular complexity index is 1260. The average Bonchev–Trinajstić information content (AvgIpc) is 2.83. The summed E-state index contributed by atoms with van der Waals surface area (Å²) in [5.74, 6) is -1.79. The summed E-state index contributed by atoms with van der Waals surface area (Å²) in [6.45, 7) is 1.15. The minimum Gasteiger partial charge on any atom is -0.452 e. The van der Waals surface area contributed by atoms with Crippen molar-refractivity contribution in [1.82, 2.24) is 5.32 Å². The maximum atomic E-state index is 13.6. The SMILES string of the molecule is Cc1ccc(CNC(=O)COC(=O)c2cccc(S(=O)(=O)N(C)c3ccccc3)c2)cc1F. The molecule has 3 aromatic carbocycles. The fourth-order valence-corrected chi connectivity index (χ4v) is 4.17. The number of rotatable bonds is 8. The van der Waals surface area contributed by atoms with Gasteiger partial charge in [-0.3, -0.25) is 9.10 Å². The van der Waals surface area contributed by atoms with Crippen LogP contribution in [-0.2, 0) is 26.1 Å². The van der Waals surface area contributed by atoms with Crippen LogP contribution in [0.4, 0.5) is 10.1 Å². The molecule has 0 atom stereocenters. The number of para-hydroxylation sites is 1. The molecule has 0 aliphatic rings. The molecule has 0 aliphatic carbocycles. The van der Waals surface area contributed by atoms with E-state index >= 15 is 0 Å². The lowest BCUT2D eigenvalue weighted by molar-refractivity contribution is -0.124. The molecule has 7 nitrogen and oxygen atoms in total. The summed E-state index contributed by atoms with van der Waals surface area (Å²) in [6, 6.07) is 18.5. The number of anilines is 1. The van der Waals surface area contributed by atoms with Gasteiger partial charge in [-0.2, -0.15) is 0 Å². The lowest BCUT2D eigenvalue weighted by Crippen LogP contribution is -2.28. The van der Waals surface area contributed by atoms with Crippen LogP contribution in [0.5, 0.6) is 0 Å². The first-order chi connectivity index (χ1) is 15.7. The molecule has 0 saturated carbocycles. The number of hydrogen-bond donors (Lipinski definition) is 1. The molecule has 172 valence electrons. The molecule has 33 heavy (non-hydrogen) atoms. The first-order valence-electron chi connectivity index (χ1n) is 10.0. The number of aryl methyl sites for hydroxylation is 1. The second kappa shape index (κ2) is 10.3. The van der Waals surface area contributed by atoms with Crippen molar-refractivity contribution in [2.45, 2.75) is 18.4 Å². The smallest absolute Gasteiger partial charge is 0.338 e. The number of sulfonamides is 1. The maximum Gasteiger partial charge on any atom is 0.338 e. The highest BCUT2D eigenvalue weighted by Crippen LogP contribution is 2.22. The van der Waals surface area contributed by atoms with Crippen LogP contribution < -0.4 is 9.62 Å². The van der Waals surface area contributed by atoms with E-state index in [-0.39, 0.29) is 22.8 Å². The summed E-state index contributed by atoms with van der Waals surface area (Å²) in [6.07, 6.45) is 0. The number of nitrogens with zero attached hydrogens (tertiary/aromatic N) is 1. The predicted molar refractivity (Wildman–Crippen MR) is 122 cm³/mol. The van der Waals surface area contributed by atoms with Gasteiger partial charge in [0, 0.05) is 13.6 Å². The van der Waals surface area contributed by atoms with Crippen molar-refractivity contribution in [3.05, 3.63) is 95.3 Å². The average molecular weight is 471 g/mol. The fraction of sp³-hybridized carbons (Fsp3) is 0.167. The van der Waals surface area contributed by atoms with Gasteiger partial charge < -0.3 is 10.1 Å². The van der Waals surface area contributed by atoms with E-state index in [1.807, 2.05) is 0 Å². The van der Waals surface area contributed by atoms with Gasteiger partial charge in [0.2, 0.25) is 0 Å². The van der Waals surface area contributed by atoms with Gasteiger partial charge in [0.05, 0.1) is 16.1 Å².